The van der Waals surface area contributed by atoms with Gasteiger partial charge in [-0.3, -0.25) is 14.4 Å². The van der Waals surface area contributed by atoms with Crippen LogP contribution in [0.25, 0.3) is 0 Å². The van der Waals surface area contributed by atoms with E-state index in [1.807, 2.05) is 25.1 Å². The Bertz CT molecular complexity index is 635. The quantitative estimate of drug-likeness (QED) is 0.777. The topological polar surface area (TPSA) is 86.7 Å². The van der Waals surface area contributed by atoms with Crippen molar-refractivity contribution in [2.75, 3.05) is 17.6 Å². The van der Waals surface area contributed by atoms with E-state index < -0.39 is 12.0 Å². The minimum atomic E-state index is -0.840. The summed E-state index contributed by atoms with van der Waals surface area (Å²) in [6, 6.07) is 6.98. The lowest BCUT2D eigenvalue weighted by molar-refractivity contribution is -0.140. The van der Waals surface area contributed by atoms with E-state index in [9.17, 15) is 14.4 Å². The predicted molar refractivity (Wildman–Crippen MR) is 98.5 cm³/mol. The van der Waals surface area contributed by atoms with Gasteiger partial charge in [-0.2, -0.15) is 0 Å². The lowest BCUT2D eigenvalue weighted by Crippen LogP contribution is -2.49. The fourth-order valence-corrected chi connectivity index (χ4v) is 3.62. The molecule has 1 fully saturated rings. The highest BCUT2D eigenvalue weighted by atomic mass is 32.2. The summed E-state index contributed by atoms with van der Waals surface area (Å²) >= 11 is 1.31. The van der Waals surface area contributed by atoms with Crippen LogP contribution in [0.2, 0.25) is 0 Å². The number of likely N-dealkylation sites (tertiary alicyclic amines) is 1. The predicted octanol–water partition coefficient (Wildman–Crippen LogP) is 2.73. The van der Waals surface area contributed by atoms with Gasteiger partial charge in [0.25, 0.3) is 0 Å². The molecule has 0 radical (unpaired) electrons. The summed E-state index contributed by atoms with van der Waals surface area (Å²) < 4.78 is 0. The van der Waals surface area contributed by atoms with Crippen molar-refractivity contribution in [2.45, 2.75) is 44.4 Å². The fourth-order valence-electron chi connectivity index (χ4n) is 2.93. The molecule has 1 aliphatic heterocycles. The Hall–Kier alpha value is -2.02. The van der Waals surface area contributed by atoms with Crippen LogP contribution in [0.4, 0.5) is 5.69 Å². The molecule has 7 heteroatoms. The minimum Gasteiger partial charge on any atom is -0.481 e. The van der Waals surface area contributed by atoms with Gasteiger partial charge in [-0.05, 0) is 37.0 Å². The molecule has 0 saturated carbocycles. The number of anilines is 1. The summed E-state index contributed by atoms with van der Waals surface area (Å²) in [4.78, 5) is 36.9. The van der Waals surface area contributed by atoms with Crippen LogP contribution in [0.3, 0.4) is 0 Å². The van der Waals surface area contributed by atoms with Gasteiger partial charge < -0.3 is 15.3 Å². The number of aliphatic carboxylic acids is 1. The lowest BCUT2D eigenvalue weighted by Gasteiger charge is -2.34. The van der Waals surface area contributed by atoms with Crippen molar-refractivity contribution in [3.63, 3.8) is 0 Å². The second-order valence-corrected chi connectivity index (χ2v) is 7.01. The molecule has 2 N–H and O–H groups in total. The number of hydrogen-bond acceptors (Lipinski definition) is 4. The van der Waals surface area contributed by atoms with Gasteiger partial charge in [0.2, 0.25) is 11.8 Å². The lowest BCUT2D eigenvalue weighted by atomic mass is 10.0. The normalized spacial score (nSPS) is 17.2. The Morgan fingerprint density at radius 1 is 1.32 bits per heavy atom. The van der Waals surface area contributed by atoms with Crippen LogP contribution in [-0.4, -0.2) is 46.1 Å². The monoisotopic (exact) mass is 364 g/mol. The number of carbonyl (C=O) groups excluding carboxylic acids is 2. The van der Waals surface area contributed by atoms with Crippen LogP contribution in [-0.2, 0) is 20.1 Å². The van der Waals surface area contributed by atoms with Gasteiger partial charge in [-0.1, -0.05) is 19.1 Å². The molecular formula is C18H24N2O4S. The average Bonchev–Trinajstić information content (AvgIpc) is 2.61. The minimum absolute atomic E-state index is 0.0127. The molecule has 0 aliphatic carbocycles. The van der Waals surface area contributed by atoms with Crippen LogP contribution in [0.5, 0.6) is 0 Å². The van der Waals surface area contributed by atoms with Gasteiger partial charge in [0.1, 0.15) is 6.04 Å². The van der Waals surface area contributed by atoms with E-state index in [2.05, 4.69) is 5.32 Å². The third kappa shape index (κ3) is 5.77. The van der Waals surface area contributed by atoms with E-state index in [4.69, 9.17) is 5.11 Å². The molecule has 0 spiro atoms. The molecule has 1 heterocycles. The van der Waals surface area contributed by atoms with Crippen molar-refractivity contribution in [3.8, 4) is 0 Å². The summed E-state index contributed by atoms with van der Waals surface area (Å²) in [6.45, 7) is 2.45. The largest absolute Gasteiger partial charge is 0.481 e. The Kier molecular flexibility index (Phi) is 7.31. The second kappa shape index (κ2) is 9.46. The highest BCUT2D eigenvalue weighted by Crippen LogP contribution is 2.21. The third-order valence-electron chi connectivity index (χ3n) is 4.12. The zero-order valence-electron chi connectivity index (χ0n) is 14.4. The molecule has 1 aromatic carbocycles. The van der Waals surface area contributed by atoms with E-state index in [0.717, 1.165) is 18.4 Å². The molecule has 2 amide bonds. The number of nitrogens with one attached hydrogen (secondary N) is 1. The molecule has 1 aliphatic rings. The van der Waals surface area contributed by atoms with Crippen molar-refractivity contribution in [3.05, 3.63) is 29.8 Å². The Labute approximate surface area is 152 Å². The Morgan fingerprint density at radius 3 is 2.84 bits per heavy atom. The number of rotatable bonds is 7. The second-order valence-electron chi connectivity index (χ2n) is 6.03. The number of thioether (sulfide) groups is 1. The fraction of sp³-hybridized carbons (Fsp3) is 0.500. The Balaban J connectivity index is 1.99. The molecular weight excluding hydrogens is 340 g/mol. The number of nitrogens with zero attached hydrogens (tertiary/aromatic N) is 1. The maximum atomic E-state index is 12.6. The zero-order valence-corrected chi connectivity index (χ0v) is 15.2. The summed E-state index contributed by atoms with van der Waals surface area (Å²) in [5.74, 6) is -0.366. The SMILES string of the molecule is CCC(=O)N1CCCCC1C(=O)Nc1cccc(CSCC(=O)O)c1. The average molecular weight is 364 g/mol. The number of amides is 2. The van der Waals surface area contributed by atoms with Crippen LogP contribution in [0, 0.1) is 0 Å². The molecule has 0 aromatic heterocycles. The van der Waals surface area contributed by atoms with Crippen LogP contribution >= 0.6 is 11.8 Å². The zero-order chi connectivity index (χ0) is 18.2. The first kappa shape index (κ1) is 19.3. The maximum Gasteiger partial charge on any atom is 0.313 e. The standard InChI is InChI=1S/C18H24N2O4S/c1-2-16(21)20-9-4-3-8-15(20)18(24)19-14-7-5-6-13(10-14)11-25-12-17(22)23/h5-7,10,15H,2-4,8-9,11-12H2,1H3,(H,19,24)(H,22,23). The molecule has 1 saturated heterocycles. The number of carboxylic acids is 1. The van der Waals surface area contributed by atoms with Crippen molar-refractivity contribution >= 4 is 35.2 Å². The van der Waals surface area contributed by atoms with Gasteiger partial charge in [-0.15, -0.1) is 11.8 Å². The maximum absolute atomic E-state index is 12.6. The summed E-state index contributed by atoms with van der Waals surface area (Å²) in [5.41, 5.74) is 1.63. The van der Waals surface area contributed by atoms with Gasteiger partial charge in [-0.25, -0.2) is 0 Å². The van der Waals surface area contributed by atoms with Gasteiger partial charge in [0.15, 0.2) is 0 Å². The van der Waals surface area contributed by atoms with Crippen molar-refractivity contribution < 1.29 is 19.5 Å². The molecule has 1 aromatic rings. The van der Waals surface area contributed by atoms with E-state index >= 15 is 0 Å². The van der Waals surface area contributed by atoms with E-state index in [0.29, 0.717) is 30.8 Å². The van der Waals surface area contributed by atoms with Crippen LogP contribution in [0.1, 0.15) is 38.2 Å². The highest BCUT2D eigenvalue weighted by molar-refractivity contribution is 7.99. The molecule has 6 nitrogen and oxygen atoms in total. The first-order valence-electron chi connectivity index (χ1n) is 8.50. The van der Waals surface area contributed by atoms with E-state index in [1.165, 1.54) is 11.8 Å². The number of carbonyl (C=O) groups is 3. The van der Waals surface area contributed by atoms with Crippen molar-refractivity contribution in [2.24, 2.45) is 0 Å². The molecule has 1 unspecified atom stereocenters. The molecule has 136 valence electrons. The van der Waals surface area contributed by atoms with Crippen LogP contribution < -0.4 is 5.32 Å². The number of piperidine rings is 1. The summed E-state index contributed by atoms with van der Waals surface area (Å²) in [6.07, 6.45) is 2.97. The number of carboxylic acid groups (broad SMARTS) is 1. The van der Waals surface area contributed by atoms with Gasteiger partial charge >= 0.3 is 5.97 Å². The molecule has 25 heavy (non-hydrogen) atoms. The van der Waals surface area contributed by atoms with E-state index in [1.54, 1.807) is 11.0 Å². The third-order valence-corrected chi connectivity index (χ3v) is 5.11. The summed E-state index contributed by atoms with van der Waals surface area (Å²) in [5, 5.41) is 11.6. The smallest absolute Gasteiger partial charge is 0.313 e. The van der Waals surface area contributed by atoms with Crippen molar-refractivity contribution in [1.29, 1.82) is 0 Å². The van der Waals surface area contributed by atoms with Crippen molar-refractivity contribution in [1.82, 2.24) is 4.90 Å². The molecule has 0 bridgehead atoms. The number of benzene rings is 1. The van der Waals surface area contributed by atoms with Crippen LogP contribution in [0.15, 0.2) is 24.3 Å². The molecule has 2 rings (SSSR count). The first-order valence-corrected chi connectivity index (χ1v) is 9.65. The summed E-state index contributed by atoms with van der Waals surface area (Å²) in [7, 11) is 0. The van der Waals surface area contributed by atoms with Gasteiger partial charge in [0.05, 0.1) is 5.75 Å². The molecule has 1 atom stereocenters. The Morgan fingerprint density at radius 2 is 2.12 bits per heavy atom. The van der Waals surface area contributed by atoms with E-state index in [-0.39, 0.29) is 17.6 Å². The number of hydrogen-bond donors (Lipinski definition) is 2. The highest BCUT2D eigenvalue weighted by Gasteiger charge is 2.31. The van der Waals surface area contributed by atoms with Gasteiger partial charge in [0, 0.05) is 24.4 Å². The first-order chi connectivity index (χ1) is 12.0.